The molecule has 0 saturated carbocycles. The van der Waals surface area contributed by atoms with Gasteiger partial charge in [-0.25, -0.2) is 0 Å². The molecule has 9 heteroatoms. The summed E-state index contributed by atoms with van der Waals surface area (Å²) in [5, 5.41) is 12.0. The minimum Gasteiger partial charge on any atom is -0.462 e. The van der Waals surface area contributed by atoms with Crippen LogP contribution in [0, 0.1) is 17.2 Å². The molecule has 9 nitrogen and oxygen atoms in total. The number of nitriles is 1. The minimum atomic E-state index is -0.229. The van der Waals surface area contributed by atoms with Gasteiger partial charge in [-0.15, -0.1) is 0 Å². The number of aromatic nitrogens is 2. The van der Waals surface area contributed by atoms with Gasteiger partial charge in [0.05, 0.1) is 30.8 Å². The van der Waals surface area contributed by atoms with E-state index in [1.165, 1.54) is 35.4 Å². The Morgan fingerprint density at radius 2 is 1.96 bits per heavy atom. The highest BCUT2D eigenvalue weighted by Crippen LogP contribution is 2.35. The lowest BCUT2D eigenvalue weighted by molar-refractivity contribution is -0.128. The van der Waals surface area contributed by atoms with Crippen molar-refractivity contribution in [2.45, 2.75) is 64.6 Å². The molecule has 1 amide bonds. The van der Waals surface area contributed by atoms with Crippen LogP contribution in [-0.2, 0) is 17.8 Å². The van der Waals surface area contributed by atoms with Gasteiger partial charge in [-0.1, -0.05) is 63.2 Å². The van der Waals surface area contributed by atoms with Crippen LogP contribution in [0.2, 0.25) is 0 Å². The van der Waals surface area contributed by atoms with Crippen LogP contribution in [0.5, 0.6) is 6.01 Å². The number of likely N-dealkylation sites (tertiary alicyclic amines) is 1. The summed E-state index contributed by atoms with van der Waals surface area (Å²) in [7, 11) is 0. The predicted octanol–water partition coefficient (Wildman–Crippen LogP) is 5.20. The summed E-state index contributed by atoms with van der Waals surface area (Å²) in [6.45, 7) is 14.2. The maximum atomic E-state index is 12.6. The molecule has 2 saturated heterocycles. The predicted molar refractivity (Wildman–Crippen MR) is 178 cm³/mol. The molecule has 236 valence electrons. The van der Waals surface area contributed by atoms with Crippen molar-refractivity contribution in [3.8, 4) is 12.1 Å². The van der Waals surface area contributed by atoms with Crippen LogP contribution >= 0.6 is 0 Å². The third-order valence-electron chi connectivity index (χ3n) is 9.84. The molecule has 2 aromatic carbocycles. The first-order valence-electron chi connectivity index (χ1n) is 16.5. The van der Waals surface area contributed by atoms with E-state index < -0.39 is 0 Å². The van der Waals surface area contributed by atoms with Crippen LogP contribution < -0.4 is 14.5 Å². The molecule has 3 atom stereocenters. The fourth-order valence-corrected chi connectivity index (χ4v) is 7.16. The topological polar surface area (TPSA) is 88.8 Å². The van der Waals surface area contributed by atoms with Crippen LogP contribution in [-0.4, -0.2) is 83.6 Å². The second-order valence-corrected chi connectivity index (χ2v) is 12.7. The molecule has 3 aromatic rings. The summed E-state index contributed by atoms with van der Waals surface area (Å²) < 4.78 is 6.46. The average Bonchev–Trinajstić information content (AvgIpc) is 3.52. The molecule has 45 heavy (non-hydrogen) atoms. The van der Waals surface area contributed by atoms with Crippen molar-refractivity contribution in [1.29, 1.82) is 5.26 Å². The Labute approximate surface area is 267 Å². The van der Waals surface area contributed by atoms with Crippen molar-refractivity contribution >= 4 is 28.2 Å². The Morgan fingerprint density at radius 1 is 1.11 bits per heavy atom. The molecule has 2 unspecified atom stereocenters. The zero-order valence-corrected chi connectivity index (χ0v) is 26.7. The Morgan fingerprint density at radius 3 is 2.78 bits per heavy atom. The summed E-state index contributed by atoms with van der Waals surface area (Å²) in [6, 6.07) is 17.8. The minimum absolute atomic E-state index is 0.132. The van der Waals surface area contributed by atoms with E-state index in [1.807, 2.05) is 0 Å². The number of piperazine rings is 1. The number of amides is 1. The normalized spacial score (nSPS) is 21.0. The molecule has 0 N–H and O–H groups in total. The fourth-order valence-electron chi connectivity index (χ4n) is 7.16. The van der Waals surface area contributed by atoms with Crippen LogP contribution in [0.3, 0.4) is 0 Å². The van der Waals surface area contributed by atoms with Gasteiger partial charge in [0.1, 0.15) is 12.4 Å². The number of anilines is 2. The molecule has 0 bridgehead atoms. The van der Waals surface area contributed by atoms with E-state index in [9.17, 15) is 10.1 Å². The number of fused-ring (bicyclic) bond motifs is 2. The third kappa shape index (κ3) is 6.62. The SMILES string of the molecule is C=CC(=O)N1CCN(c2nc(OC[C@@H]3CCCN3CC(C)CC)nc3c2CCN(c2cccc4ccccc24)C3)CC1CC#N. The van der Waals surface area contributed by atoms with E-state index in [-0.39, 0.29) is 18.4 Å². The number of carbonyl (C=O) groups excluding carboxylic acids is 1. The first kappa shape index (κ1) is 30.8. The van der Waals surface area contributed by atoms with E-state index in [2.05, 4.69) is 83.7 Å². The first-order chi connectivity index (χ1) is 22.0. The van der Waals surface area contributed by atoms with E-state index in [0.717, 1.165) is 49.6 Å². The van der Waals surface area contributed by atoms with Gasteiger partial charge in [0, 0.05) is 55.4 Å². The van der Waals surface area contributed by atoms with E-state index in [0.29, 0.717) is 50.8 Å². The number of ether oxygens (including phenoxy) is 1. The van der Waals surface area contributed by atoms with E-state index in [4.69, 9.17) is 14.7 Å². The number of nitrogens with zero attached hydrogens (tertiary/aromatic N) is 7. The Bertz CT molecular complexity index is 1560. The second kappa shape index (κ2) is 13.9. The van der Waals surface area contributed by atoms with Crippen molar-refractivity contribution < 1.29 is 9.53 Å². The highest BCUT2D eigenvalue weighted by Gasteiger charge is 2.34. The summed E-state index contributed by atoms with van der Waals surface area (Å²) in [6.07, 6.45) is 5.89. The van der Waals surface area contributed by atoms with E-state index >= 15 is 0 Å². The maximum Gasteiger partial charge on any atom is 0.318 e. The van der Waals surface area contributed by atoms with Crippen molar-refractivity contribution in [3.05, 3.63) is 66.4 Å². The summed E-state index contributed by atoms with van der Waals surface area (Å²) >= 11 is 0. The van der Waals surface area contributed by atoms with Crippen LogP contribution in [0.15, 0.2) is 55.1 Å². The zero-order chi connectivity index (χ0) is 31.3. The molecule has 3 aliphatic rings. The summed E-state index contributed by atoms with van der Waals surface area (Å²) in [5.41, 5.74) is 3.33. The quantitative estimate of drug-likeness (QED) is 0.291. The smallest absolute Gasteiger partial charge is 0.318 e. The lowest BCUT2D eigenvalue weighted by atomic mass is 10.0. The largest absolute Gasteiger partial charge is 0.462 e. The summed E-state index contributed by atoms with van der Waals surface area (Å²) in [4.78, 5) is 31.7. The number of rotatable bonds is 10. The molecular formula is C36H45N7O2. The molecule has 0 radical (unpaired) electrons. The van der Waals surface area contributed by atoms with Crippen molar-refractivity contribution in [1.82, 2.24) is 19.8 Å². The molecule has 6 rings (SSSR count). The number of benzene rings is 2. The number of hydrogen-bond donors (Lipinski definition) is 0. The standard InChI is InChI=1S/C36H45N7O2/c1-4-26(3)22-40-18-9-12-29(40)25-45-36-38-32-24-41(33-14-8-11-27-10-6-7-13-30(27)33)19-16-31(32)35(39-36)42-20-21-43(34(44)5-2)28(23-42)15-17-37/h5-8,10-11,13-14,26,28-29H,2,4,9,12,15-16,18-25H2,1,3H3/t26?,28?,29-/m0/s1. The van der Waals surface area contributed by atoms with Crippen molar-refractivity contribution in [2.75, 3.05) is 55.7 Å². The highest BCUT2D eigenvalue weighted by molar-refractivity contribution is 5.94. The molecule has 2 fully saturated rings. The molecule has 1 aromatic heterocycles. The van der Waals surface area contributed by atoms with Crippen LogP contribution in [0.1, 0.15) is 50.8 Å². The lowest BCUT2D eigenvalue weighted by Gasteiger charge is -2.42. The molecule has 0 aliphatic carbocycles. The van der Waals surface area contributed by atoms with Gasteiger partial charge in [-0.3, -0.25) is 9.69 Å². The van der Waals surface area contributed by atoms with E-state index in [1.54, 1.807) is 4.90 Å². The second-order valence-electron chi connectivity index (χ2n) is 12.7. The Hall–Kier alpha value is -4.16. The monoisotopic (exact) mass is 607 g/mol. The van der Waals surface area contributed by atoms with Crippen LogP contribution in [0.25, 0.3) is 10.8 Å². The average molecular weight is 608 g/mol. The van der Waals surface area contributed by atoms with Gasteiger partial charge < -0.3 is 19.4 Å². The van der Waals surface area contributed by atoms with Gasteiger partial charge >= 0.3 is 6.01 Å². The number of hydrogen-bond acceptors (Lipinski definition) is 8. The van der Waals surface area contributed by atoms with Gasteiger partial charge in [0.2, 0.25) is 5.91 Å². The van der Waals surface area contributed by atoms with Gasteiger partial charge in [0.25, 0.3) is 0 Å². The highest BCUT2D eigenvalue weighted by atomic mass is 16.5. The van der Waals surface area contributed by atoms with Crippen molar-refractivity contribution in [2.24, 2.45) is 5.92 Å². The molecular weight excluding hydrogens is 562 g/mol. The van der Waals surface area contributed by atoms with Gasteiger partial charge in [0.15, 0.2) is 0 Å². The molecule has 3 aliphatic heterocycles. The molecule has 4 heterocycles. The summed E-state index contributed by atoms with van der Waals surface area (Å²) in [5.74, 6) is 1.40. The zero-order valence-electron chi connectivity index (χ0n) is 26.7. The molecule has 0 spiro atoms. The fraction of sp³-hybridized carbons (Fsp3) is 0.500. The van der Waals surface area contributed by atoms with Crippen LogP contribution in [0.4, 0.5) is 11.5 Å². The maximum absolute atomic E-state index is 12.6. The van der Waals surface area contributed by atoms with Gasteiger partial charge in [-0.05, 0) is 49.3 Å². The van der Waals surface area contributed by atoms with Crippen molar-refractivity contribution in [3.63, 3.8) is 0 Å². The number of carbonyl (C=O) groups is 1. The van der Waals surface area contributed by atoms with Gasteiger partial charge in [-0.2, -0.15) is 15.2 Å². The third-order valence-corrected chi connectivity index (χ3v) is 9.84. The Balaban J connectivity index is 1.30. The first-order valence-corrected chi connectivity index (χ1v) is 16.5. The lowest BCUT2D eigenvalue weighted by Crippen LogP contribution is -2.55. The Kier molecular flexibility index (Phi) is 9.50.